The number of piperidine rings is 1. The maximum atomic E-state index is 11.3. The largest absolute Gasteiger partial charge is 0.360 e. The van der Waals surface area contributed by atoms with Crippen LogP contribution in [0.2, 0.25) is 0 Å². The Labute approximate surface area is 121 Å². The molecule has 1 atom stereocenters. The van der Waals surface area contributed by atoms with Gasteiger partial charge in [0.15, 0.2) is 0 Å². The molecule has 1 saturated heterocycles. The van der Waals surface area contributed by atoms with E-state index in [1.54, 1.807) is 24.4 Å². The third kappa shape index (κ3) is 2.33. The van der Waals surface area contributed by atoms with Crippen molar-refractivity contribution in [3.63, 3.8) is 0 Å². The second-order valence-electron chi connectivity index (χ2n) is 5.15. The Morgan fingerprint density at radius 3 is 2.95 bits per heavy atom. The molecule has 0 spiro atoms. The molecule has 21 heavy (non-hydrogen) atoms. The van der Waals surface area contributed by atoms with Crippen molar-refractivity contribution in [2.45, 2.75) is 25.3 Å². The van der Waals surface area contributed by atoms with Gasteiger partial charge < -0.3 is 9.69 Å². The predicted octanol–water partition coefficient (Wildman–Crippen LogP) is 2.70. The second kappa shape index (κ2) is 5.47. The molecule has 6 nitrogen and oxygen atoms in total. The number of carbonyl (C=O) groups is 1. The summed E-state index contributed by atoms with van der Waals surface area (Å²) in [6.45, 7) is 0.771. The first kappa shape index (κ1) is 13.5. The second-order valence-corrected chi connectivity index (χ2v) is 5.15. The van der Waals surface area contributed by atoms with E-state index in [9.17, 15) is 14.9 Å². The van der Waals surface area contributed by atoms with Gasteiger partial charge in [-0.05, 0) is 37.5 Å². The summed E-state index contributed by atoms with van der Waals surface area (Å²) in [6.07, 6.45) is 5.42. The molecule has 1 aromatic heterocycles. The number of non-ortho nitro benzene ring substituents is 1. The van der Waals surface area contributed by atoms with Crippen molar-refractivity contribution in [1.82, 2.24) is 4.98 Å². The number of anilines is 1. The van der Waals surface area contributed by atoms with E-state index in [1.807, 2.05) is 4.90 Å². The summed E-state index contributed by atoms with van der Waals surface area (Å²) < 4.78 is 0. The molecule has 0 aliphatic carbocycles. The monoisotopic (exact) mass is 285 g/mol. The molecule has 0 N–H and O–H groups in total. The number of fused-ring (bicyclic) bond motifs is 1. The van der Waals surface area contributed by atoms with Gasteiger partial charge in [-0.25, -0.2) is 0 Å². The van der Waals surface area contributed by atoms with E-state index in [-0.39, 0.29) is 11.7 Å². The van der Waals surface area contributed by atoms with Crippen molar-refractivity contribution >= 4 is 28.6 Å². The van der Waals surface area contributed by atoms with Crippen LogP contribution in [0.25, 0.3) is 10.9 Å². The molecule has 1 unspecified atom stereocenters. The van der Waals surface area contributed by atoms with Gasteiger partial charge in [-0.3, -0.25) is 15.1 Å². The number of pyridine rings is 1. The number of benzene rings is 1. The van der Waals surface area contributed by atoms with Gasteiger partial charge in [0.2, 0.25) is 0 Å². The first-order valence-electron chi connectivity index (χ1n) is 6.96. The summed E-state index contributed by atoms with van der Waals surface area (Å²) >= 11 is 0. The fourth-order valence-electron chi connectivity index (χ4n) is 2.93. The molecule has 1 aliphatic heterocycles. The van der Waals surface area contributed by atoms with E-state index in [0.717, 1.165) is 37.8 Å². The fraction of sp³-hybridized carbons (Fsp3) is 0.333. The molecule has 3 rings (SSSR count). The highest BCUT2D eigenvalue weighted by molar-refractivity contribution is 5.97. The number of rotatable bonds is 3. The lowest BCUT2D eigenvalue weighted by molar-refractivity contribution is -0.383. The van der Waals surface area contributed by atoms with Crippen LogP contribution in [0.1, 0.15) is 19.3 Å². The summed E-state index contributed by atoms with van der Waals surface area (Å²) in [5, 5.41) is 11.6. The van der Waals surface area contributed by atoms with Crippen LogP contribution in [0, 0.1) is 10.1 Å². The Kier molecular flexibility index (Phi) is 3.51. The van der Waals surface area contributed by atoms with Crippen molar-refractivity contribution in [3.8, 4) is 0 Å². The van der Waals surface area contributed by atoms with Gasteiger partial charge in [0.05, 0.1) is 22.0 Å². The lowest BCUT2D eigenvalue weighted by atomic mass is 10.0. The molecular weight excluding hydrogens is 270 g/mol. The number of aldehydes is 1. The van der Waals surface area contributed by atoms with Crippen LogP contribution in [0.4, 0.5) is 11.4 Å². The van der Waals surface area contributed by atoms with Crippen LogP contribution in [-0.2, 0) is 4.79 Å². The minimum absolute atomic E-state index is 0.0431. The third-order valence-corrected chi connectivity index (χ3v) is 3.94. The SMILES string of the molecule is O=CC1CCCCN1c1ccc([N+](=O)[O-])c2cccnc12. The van der Waals surface area contributed by atoms with Gasteiger partial charge >= 0.3 is 0 Å². The van der Waals surface area contributed by atoms with E-state index in [1.165, 1.54) is 6.07 Å². The van der Waals surface area contributed by atoms with Gasteiger partial charge in [0.25, 0.3) is 5.69 Å². The predicted molar refractivity (Wildman–Crippen MR) is 79.4 cm³/mol. The van der Waals surface area contributed by atoms with Gasteiger partial charge in [0, 0.05) is 18.8 Å². The van der Waals surface area contributed by atoms with Crippen molar-refractivity contribution in [1.29, 1.82) is 0 Å². The van der Waals surface area contributed by atoms with Crippen LogP contribution >= 0.6 is 0 Å². The lowest BCUT2D eigenvalue weighted by Gasteiger charge is -2.34. The highest BCUT2D eigenvalue weighted by Crippen LogP contribution is 2.34. The Hall–Kier alpha value is -2.50. The minimum Gasteiger partial charge on any atom is -0.360 e. The standard InChI is InChI=1S/C15H15N3O3/c19-10-11-4-1-2-9-17(11)14-7-6-13(18(20)21)12-5-3-8-16-15(12)14/h3,5-8,10-11H,1-2,4,9H2. The molecular formula is C15H15N3O3. The average molecular weight is 285 g/mol. The molecule has 1 aromatic carbocycles. The molecule has 0 radical (unpaired) electrons. The minimum atomic E-state index is -0.402. The zero-order valence-corrected chi connectivity index (χ0v) is 11.4. The first-order valence-corrected chi connectivity index (χ1v) is 6.96. The molecule has 0 amide bonds. The van der Waals surface area contributed by atoms with E-state index in [2.05, 4.69) is 4.98 Å². The first-order chi connectivity index (χ1) is 10.2. The summed E-state index contributed by atoms with van der Waals surface area (Å²) in [6, 6.07) is 6.41. The van der Waals surface area contributed by atoms with Crippen LogP contribution in [-0.4, -0.2) is 28.8 Å². The zero-order valence-electron chi connectivity index (χ0n) is 11.4. The third-order valence-electron chi connectivity index (χ3n) is 3.94. The number of hydrogen-bond acceptors (Lipinski definition) is 5. The molecule has 1 aliphatic rings. The Bertz CT molecular complexity index is 702. The van der Waals surface area contributed by atoms with E-state index in [4.69, 9.17) is 0 Å². The maximum absolute atomic E-state index is 11.3. The van der Waals surface area contributed by atoms with Crippen LogP contribution in [0.5, 0.6) is 0 Å². The molecule has 0 bridgehead atoms. The van der Waals surface area contributed by atoms with Crippen molar-refractivity contribution in [3.05, 3.63) is 40.6 Å². The van der Waals surface area contributed by atoms with Crippen LogP contribution in [0.15, 0.2) is 30.5 Å². The summed E-state index contributed by atoms with van der Waals surface area (Å²) in [4.78, 5) is 28.3. The highest BCUT2D eigenvalue weighted by atomic mass is 16.6. The summed E-state index contributed by atoms with van der Waals surface area (Å²) in [5.41, 5.74) is 1.43. The molecule has 6 heteroatoms. The fourth-order valence-corrected chi connectivity index (χ4v) is 2.93. The summed E-state index contributed by atoms with van der Waals surface area (Å²) in [5.74, 6) is 0. The number of aromatic nitrogens is 1. The highest BCUT2D eigenvalue weighted by Gasteiger charge is 2.25. The van der Waals surface area contributed by atoms with Crippen LogP contribution < -0.4 is 4.90 Å². The van der Waals surface area contributed by atoms with Gasteiger partial charge in [-0.15, -0.1) is 0 Å². The van der Waals surface area contributed by atoms with Gasteiger partial charge in [0.1, 0.15) is 11.8 Å². The van der Waals surface area contributed by atoms with E-state index in [0.29, 0.717) is 10.9 Å². The smallest absolute Gasteiger partial charge is 0.278 e. The van der Waals surface area contributed by atoms with E-state index >= 15 is 0 Å². The van der Waals surface area contributed by atoms with Crippen molar-refractivity contribution < 1.29 is 9.72 Å². The molecule has 2 heterocycles. The molecule has 2 aromatic rings. The Balaban J connectivity index is 2.17. The van der Waals surface area contributed by atoms with Crippen LogP contribution in [0.3, 0.4) is 0 Å². The normalized spacial score (nSPS) is 18.7. The molecule has 1 fully saturated rings. The quantitative estimate of drug-likeness (QED) is 0.492. The number of nitrogens with zero attached hydrogens (tertiary/aromatic N) is 3. The van der Waals surface area contributed by atoms with Gasteiger partial charge in [-0.1, -0.05) is 0 Å². The number of nitro benzene ring substituents is 1. The lowest BCUT2D eigenvalue weighted by Crippen LogP contribution is -2.40. The number of carbonyl (C=O) groups excluding carboxylic acids is 1. The van der Waals surface area contributed by atoms with Crippen molar-refractivity contribution in [2.24, 2.45) is 0 Å². The van der Waals surface area contributed by atoms with Crippen molar-refractivity contribution in [2.75, 3.05) is 11.4 Å². The zero-order chi connectivity index (χ0) is 14.8. The Morgan fingerprint density at radius 1 is 1.33 bits per heavy atom. The maximum Gasteiger partial charge on any atom is 0.278 e. The number of nitro groups is 1. The average Bonchev–Trinajstić information content (AvgIpc) is 2.53. The molecule has 108 valence electrons. The number of hydrogen-bond donors (Lipinski definition) is 0. The van der Waals surface area contributed by atoms with Gasteiger partial charge in [-0.2, -0.15) is 0 Å². The Morgan fingerprint density at radius 2 is 2.19 bits per heavy atom. The summed E-state index contributed by atoms with van der Waals surface area (Å²) in [7, 11) is 0. The molecule has 0 saturated carbocycles. The topological polar surface area (TPSA) is 76.3 Å². The van der Waals surface area contributed by atoms with E-state index < -0.39 is 4.92 Å².